The molecule has 0 saturated carbocycles. The van der Waals surface area contributed by atoms with E-state index in [0.29, 0.717) is 43.5 Å². The SMILES string of the molecule is COc1ccc(CCNC(=O)NCc2ccc(OCC(C)C)cc2)cc1OC. The van der Waals surface area contributed by atoms with Gasteiger partial charge in [0.2, 0.25) is 0 Å². The quantitative estimate of drug-likeness (QED) is 0.652. The molecule has 2 rings (SSSR count). The first kappa shape index (κ1) is 21.4. The molecule has 0 spiro atoms. The van der Waals surface area contributed by atoms with Gasteiger partial charge in [0, 0.05) is 13.1 Å². The molecule has 152 valence electrons. The number of carbonyl (C=O) groups is 1. The van der Waals surface area contributed by atoms with Crippen LogP contribution in [-0.2, 0) is 13.0 Å². The normalized spacial score (nSPS) is 10.5. The van der Waals surface area contributed by atoms with E-state index in [1.807, 2.05) is 42.5 Å². The maximum atomic E-state index is 12.0. The molecule has 6 nitrogen and oxygen atoms in total. The summed E-state index contributed by atoms with van der Waals surface area (Å²) in [7, 11) is 3.21. The molecule has 0 saturated heterocycles. The van der Waals surface area contributed by atoms with Crippen LogP contribution in [0.5, 0.6) is 17.2 Å². The van der Waals surface area contributed by atoms with E-state index in [1.165, 1.54) is 0 Å². The number of benzene rings is 2. The number of amides is 2. The van der Waals surface area contributed by atoms with Gasteiger partial charge >= 0.3 is 6.03 Å². The van der Waals surface area contributed by atoms with Gasteiger partial charge in [-0.25, -0.2) is 4.79 Å². The van der Waals surface area contributed by atoms with Gasteiger partial charge in [-0.1, -0.05) is 32.0 Å². The molecule has 28 heavy (non-hydrogen) atoms. The average molecular weight is 386 g/mol. The number of carbonyl (C=O) groups excluding carboxylic acids is 1. The summed E-state index contributed by atoms with van der Waals surface area (Å²) in [6.45, 7) is 5.92. The Kier molecular flexibility index (Phi) is 8.46. The van der Waals surface area contributed by atoms with Crippen molar-refractivity contribution in [1.82, 2.24) is 10.6 Å². The molecule has 0 aliphatic heterocycles. The Hall–Kier alpha value is -2.89. The van der Waals surface area contributed by atoms with E-state index in [1.54, 1.807) is 14.2 Å². The van der Waals surface area contributed by atoms with Crippen molar-refractivity contribution < 1.29 is 19.0 Å². The topological polar surface area (TPSA) is 68.8 Å². The van der Waals surface area contributed by atoms with Gasteiger partial charge in [-0.2, -0.15) is 0 Å². The van der Waals surface area contributed by atoms with E-state index in [2.05, 4.69) is 24.5 Å². The molecule has 0 aliphatic carbocycles. The summed E-state index contributed by atoms with van der Waals surface area (Å²) >= 11 is 0. The number of methoxy groups -OCH3 is 2. The minimum atomic E-state index is -0.194. The lowest BCUT2D eigenvalue weighted by Crippen LogP contribution is -2.36. The Labute approximate surface area is 167 Å². The van der Waals surface area contributed by atoms with Crippen LogP contribution in [0.1, 0.15) is 25.0 Å². The highest BCUT2D eigenvalue weighted by molar-refractivity contribution is 5.73. The molecular weight excluding hydrogens is 356 g/mol. The van der Waals surface area contributed by atoms with Gasteiger partial charge in [0.05, 0.1) is 20.8 Å². The zero-order chi connectivity index (χ0) is 20.4. The van der Waals surface area contributed by atoms with Crippen molar-refractivity contribution in [2.45, 2.75) is 26.8 Å². The molecule has 0 bridgehead atoms. The summed E-state index contributed by atoms with van der Waals surface area (Å²) < 4.78 is 16.2. The second-order valence-electron chi connectivity index (χ2n) is 6.90. The summed E-state index contributed by atoms with van der Waals surface area (Å²) in [5.74, 6) is 2.71. The fourth-order valence-electron chi connectivity index (χ4n) is 2.57. The minimum absolute atomic E-state index is 0.194. The number of hydrogen-bond donors (Lipinski definition) is 2. The average Bonchev–Trinajstić information content (AvgIpc) is 2.71. The maximum absolute atomic E-state index is 12.0. The lowest BCUT2D eigenvalue weighted by Gasteiger charge is -2.11. The van der Waals surface area contributed by atoms with Gasteiger partial charge in [0.1, 0.15) is 5.75 Å². The third-order valence-corrected chi connectivity index (χ3v) is 4.11. The Morgan fingerprint density at radius 2 is 1.61 bits per heavy atom. The predicted molar refractivity (Wildman–Crippen MR) is 110 cm³/mol. The second-order valence-corrected chi connectivity index (χ2v) is 6.90. The molecule has 0 aromatic heterocycles. The lowest BCUT2D eigenvalue weighted by atomic mass is 10.1. The van der Waals surface area contributed by atoms with Crippen LogP contribution in [0.25, 0.3) is 0 Å². The van der Waals surface area contributed by atoms with Gasteiger partial charge < -0.3 is 24.8 Å². The molecule has 2 N–H and O–H groups in total. The number of urea groups is 1. The smallest absolute Gasteiger partial charge is 0.315 e. The highest BCUT2D eigenvalue weighted by atomic mass is 16.5. The van der Waals surface area contributed by atoms with Gasteiger partial charge in [-0.05, 0) is 47.7 Å². The van der Waals surface area contributed by atoms with Crippen molar-refractivity contribution in [3.8, 4) is 17.2 Å². The second kappa shape index (κ2) is 11.1. The van der Waals surface area contributed by atoms with E-state index in [0.717, 1.165) is 16.9 Å². The van der Waals surface area contributed by atoms with Crippen molar-refractivity contribution >= 4 is 6.03 Å². The van der Waals surface area contributed by atoms with Crippen molar-refractivity contribution in [1.29, 1.82) is 0 Å². The molecule has 0 heterocycles. The molecule has 6 heteroatoms. The Bertz CT molecular complexity index is 745. The van der Waals surface area contributed by atoms with Crippen LogP contribution in [0.15, 0.2) is 42.5 Å². The van der Waals surface area contributed by atoms with Gasteiger partial charge in [-0.15, -0.1) is 0 Å². The third-order valence-electron chi connectivity index (χ3n) is 4.11. The van der Waals surface area contributed by atoms with Gasteiger partial charge in [0.25, 0.3) is 0 Å². The summed E-state index contributed by atoms with van der Waals surface area (Å²) in [6, 6.07) is 13.3. The predicted octanol–water partition coefficient (Wildman–Crippen LogP) is 3.78. The molecule has 2 aromatic carbocycles. The Morgan fingerprint density at radius 1 is 0.929 bits per heavy atom. The first-order valence-corrected chi connectivity index (χ1v) is 9.46. The molecule has 2 aromatic rings. The summed E-state index contributed by atoms with van der Waals surface area (Å²) in [5, 5.41) is 5.72. The zero-order valence-electron chi connectivity index (χ0n) is 17.1. The van der Waals surface area contributed by atoms with Crippen molar-refractivity contribution in [2.24, 2.45) is 5.92 Å². The van der Waals surface area contributed by atoms with Crippen LogP contribution in [0.3, 0.4) is 0 Å². The van der Waals surface area contributed by atoms with E-state index >= 15 is 0 Å². The fraction of sp³-hybridized carbons (Fsp3) is 0.409. The largest absolute Gasteiger partial charge is 0.493 e. The standard InChI is InChI=1S/C22H30N2O4/c1-16(2)15-28-19-8-5-18(6-9-19)14-24-22(25)23-12-11-17-7-10-20(26-3)21(13-17)27-4/h5-10,13,16H,11-12,14-15H2,1-4H3,(H2,23,24,25). The Morgan fingerprint density at radius 3 is 2.25 bits per heavy atom. The van der Waals surface area contributed by atoms with Gasteiger partial charge in [0.15, 0.2) is 11.5 Å². The van der Waals surface area contributed by atoms with Crippen molar-refractivity contribution in [3.05, 3.63) is 53.6 Å². The third kappa shape index (κ3) is 7.02. The molecule has 0 atom stereocenters. The zero-order valence-corrected chi connectivity index (χ0v) is 17.1. The molecule has 0 fully saturated rings. The van der Waals surface area contributed by atoms with Crippen LogP contribution in [0.4, 0.5) is 4.79 Å². The first-order chi connectivity index (χ1) is 13.5. The van der Waals surface area contributed by atoms with Crippen LogP contribution in [-0.4, -0.2) is 33.4 Å². The van der Waals surface area contributed by atoms with E-state index in [4.69, 9.17) is 14.2 Å². The summed E-state index contributed by atoms with van der Waals surface area (Å²) in [5.41, 5.74) is 2.09. The lowest BCUT2D eigenvalue weighted by molar-refractivity contribution is 0.240. The first-order valence-electron chi connectivity index (χ1n) is 9.46. The number of ether oxygens (including phenoxy) is 3. The number of nitrogens with one attached hydrogen (secondary N) is 2. The highest BCUT2D eigenvalue weighted by Crippen LogP contribution is 2.27. The van der Waals surface area contributed by atoms with E-state index < -0.39 is 0 Å². The fourth-order valence-corrected chi connectivity index (χ4v) is 2.57. The van der Waals surface area contributed by atoms with Crippen LogP contribution in [0, 0.1) is 5.92 Å². The molecule has 0 radical (unpaired) electrons. The molecule has 0 unspecified atom stereocenters. The minimum Gasteiger partial charge on any atom is -0.493 e. The van der Waals surface area contributed by atoms with Crippen LogP contribution < -0.4 is 24.8 Å². The summed E-state index contributed by atoms with van der Waals surface area (Å²) in [6.07, 6.45) is 0.704. The number of hydrogen-bond acceptors (Lipinski definition) is 4. The van der Waals surface area contributed by atoms with Crippen molar-refractivity contribution in [2.75, 3.05) is 27.4 Å². The van der Waals surface area contributed by atoms with E-state index in [9.17, 15) is 4.79 Å². The number of rotatable bonds is 10. The maximum Gasteiger partial charge on any atom is 0.315 e. The van der Waals surface area contributed by atoms with Gasteiger partial charge in [-0.3, -0.25) is 0 Å². The molecule has 0 aliphatic rings. The van der Waals surface area contributed by atoms with Crippen LogP contribution >= 0.6 is 0 Å². The summed E-state index contributed by atoms with van der Waals surface area (Å²) in [4.78, 5) is 12.0. The monoisotopic (exact) mass is 386 g/mol. The Balaban J connectivity index is 1.71. The molecule has 2 amide bonds. The van der Waals surface area contributed by atoms with Crippen molar-refractivity contribution in [3.63, 3.8) is 0 Å². The van der Waals surface area contributed by atoms with Crippen LogP contribution in [0.2, 0.25) is 0 Å². The van der Waals surface area contributed by atoms with E-state index in [-0.39, 0.29) is 6.03 Å². The molecular formula is C22H30N2O4. The highest BCUT2D eigenvalue weighted by Gasteiger charge is 2.06.